The first-order valence-corrected chi connectivity index (χ1v) is 7.58. The highest BCUT2D eigenvalue weighted by atomic mass is 16.5. The minimum absolute atomic E-state index is 0.657. The van der Waals surface area contributed by atoms with E-state index < -0.39 is 0 Å². The normalized spacial score (nSPS) is 10.3. The minimum Gasteiger partial charge on any atom is -0.496 e. The van der Waals surface area contributed by atoms with E-state index in [1.165, 1.54) is 0 Å². The summed E-state index contributed by atoms with van der Waals surface area (Å²) >= 11 is 0. The second-order valence-electron chi connectivity index (χ2n) is 5.29. The van der Waals surface area contributed by atoms with E-state index in [0.717, 1.165) is 34.0 Å². The second-order valence-corrected chi connectivity index (χ2v) is 5.29. The Morgan fingerprint density at radius 3 is 2.21 bits per heavy atom. The fourth-order valence-electron chi connectivity index (χ4n) is 2.48. The number of hydrogen-bond donors (Lipinski definition) is 1. The Balaban J connectivity index is 1.92. The Bertz CT molecular complexity index is 810. The highest BCUT2D eigenvalue weighted by molar-refractivity contribution is 5.66. The summed E-state index contributed by atoms with van der Waals surface area (Å²) in [6.07, 6.45) is 3.43. The van der Waals surface area contributed by atoms with Crippen LogP contribution in [0.2, 0.25) is 0 Å². The smallest absolute Gasteiger partial charge is 0.149 e. The molecule has 0 fully saturated rings. The number of anilines is 2. The molecule has 0 aliphatic rings. The lowest BCUT2D eigenvalue weighted by molar-refractivity contribution is 0.389. The zero-order valence-electron chi connectivity index (χ0n) is 13.9. The van der Waals surface area contributed by atoms with E-state index in [-0.39, 0.29) is 0 Å². The minimum atomic E-state index is 0.657. The van der Waals surface area contributed by atoms with Crippen LogP contribution in [0.1, 0.15) is 5.56 Å². The van der Waals surface area contributed by atoms with Gasteiger partial charge in [0, 0.05) is 28.9 Å². The van der Waals surface area contributed by atoms with Crippen molar-refractivity contribution in [2.45, 2.75) is 6.92 Å². The van der Waals surface area contributed by atoms with Gasteiger partial charge in [-0.25, -0.2) is 4.98 Å². The molecule has 0 bridgehead atoms. The van der Waals surface area contributed by atoms with E-state index in [9.17, 15) is 0 Å². The molecule has 0 atom stereocenters. The summed E-state index contributed by atoms with van der Waals surface area (Å²) < 4.78 is 10.8. The monoisotopic (exact) mass is 321 g/mol. The Hall–Kier alpha value is -3.08. The molecule has 3 aromatic rings. The van der Waals surface area contributed by atoms with Crippen LogP contribution in [0.3, 0.4) is 0 Å². The molecule has 0 aliphatic carbocycles. The summed E-state index contributed by atoms with van der Waals surface area (Å²) in [6, 6.07) is 13.8. The first kappa shape index (κ1) is 15.8. The Morgan fingerprint density at radius 1 is 0.917 bits per heavy atom. The maximum absolute atomic E-state index is 5.40. The van der Waals surface area contributed by atoms with E-state index in [4.69, 9.17) is 9.47 Å². The highest BCUT2D eigenvalue weighted by Crippen LogP contribution is 2.33. The first-order chi connectivity index (χ1) is 11.7. The summed E-state index contributed by atoms with van der Waals surface area (Å²) in [6.45, 7) is 1.96. The number of benzene rings is 2. The van der Waals surface area contributed by atoms with Crippen molar-refractivity contribution in [2.24, 2.45) is 0 Å². The number of hydrogen-bond acceptors (Lipinski definition) is 5. The average molecular weight is 321 g/mol. The van der Waals surface area contributed by atoms with Gasteiger partial charge in [-0.05, 0) is 6.92 Å². The van der Waals surface area contributed by atoms with Crippen molar-refractivity contribution < 1.29 is 9.47 Å². The summed E-state index contributed by atoms with van der Waals surface area (Å²) in [5, 5.41) is 3.26. The Kier molecular flexibility index (Phi) is 4.61. The van der Waals surface area contributed by atoms with E-state index in [2.05, 4.69) is 15.3 Å². The SMILES string of the molecule is COc1cc(Nc2cncc(-c3ccccc3)n2)cc(OC)c1C. The predicted octanol–water partition coefficient (Wildman–Crippen LogP) is 4.21. The van der Waals surface area contributed by atoms with Crippen LogP contribution in [0.4, 0.5) is 11.5 Å². The Labute approximate surface area is 141 Å². The molecule has 0 amide bonds. The molecule has 0 saturated carbocycles. The molecule has 2 aromatic carbocycles. The lowest BCUT2D eigenvalue weighted by Gasteiger charge is -2.13. The molecule has 0 spiro atoms. The largest absolute Gasteiger partial charge is 0.496 e. The van der Waals surface area contributed by atoms with Crippen molar-refractivity contribution in [3.63, 3.8) is 0 Å². The molecule has 5 nitrogen and oxygen atoms in total. The second kappa shape index (κ2) is 7.00. The number of nitrogens with zero attached hydrogens (tertiary/aromatic N) is 2. The van der Waals surface area contributed by atoms with Gasteiger partial charge in [0.15, 0.2) is 0 Å². The molecule has 1 N–H and O–H groups in total. The van der Waals surface area contributed by atoms with E-state index in [0.29, 0.717) is 5.82 Å². The summed E-state index contributed by atoms with van der Waals surface area (Å²) in [4.78, 5) is 8.89. The number of ether oxygens (including phenoxy) is 2. The van der Waals surface area contributed by atoms with Crippen LogP contribution in [0.15, 0.2) is 54.9 Å². The van der Waals surface area contributed by atoms with Gasteiger partial charge in [-0.15, -0.1) is 0 Å². The number of nitrogens with one attached hydrogen (secondary N) is 1. The van der Waals surface area contributed by atoms with Crippen LogP contribution in [-0.2, 0) is 0 Å². The van der Waals surface area contributed by atoms with Crippen LogP contribution in [0.5, 0.6) is 11.5 Å². The van der Waals surface area contributed by atoms with Crippen LogP contribution in [-0.4, -0.2) is 24.2 Å². The summed E-state index contributed by atoms with van der Waals surface area (Å²) in [5.74, 6) is 2.16. The molecular formula is C19H19N3O2. The quantitative estimate of drug-likeness (QED) is 0.763. The van der Waals surface area contributed by atoms with Crippen LogP contribution in [0, 0.1) is 6.92 Å². The molecule has 1 heterocycles. The van der Waals surface area contributed by atoms with Gasteiger partial charge >= 0.3 is 0 Å². The first-order valence-electron chi connectivity index (χ1n) is 7.58. The molecule has 0 unspecified atom stereocenters. The van der Waals surface area contributed by atoms with Gasteiger partial charge in [-0.2, -0.15) is 0 Å². The van der Waals surface area contributed by atoms with Crippen molar-refractivity contribution >= 4 is 11.5 Å². The summed E-state index contributed by atoms with van der Waals surface area (Å²) in [7, 11) is 3.28. The molecule has 24 heavy (non-hydrogen) atoms. The third-order valence-electron chi connectivity index (χ3n) is 3.73. The van der Waals surface area contributed by atoms with Crippen LogP contribution < -0.4 is 14.8 Å². The van der Waals surface area contributed by atoms with Gasteiger partial charge in [0.25, 0.3) is 0 Å². The number of aromatic nitrogens is 2. The maximum Gasteiger partial charge on any atom is 0.149 e. The molecular weight excluding hydrogens is 302 g/mol. The molecule has 1 aromatic heterocycles. The van der Waals surface area contributed by atoms with E-state index >= 15 is 0 Å². The molecule has 0 saturated heterocycles. The number of rotatable bonds is 5. The van der Waals surface area contributed by atoms with Crippen molar-refractivity contribution in [1.82, 2.24) is 9.97 Å². The van der Waals surface area contributed by atoms with E-state index in [1.54, 1.807) is 26.6 Å². The topological polar surface area (TPSA) is 56.3 Å². The lowest BCUT2D eigenvalue weighted by atomic mass is 10.1. The fraction of sp³-hybridized carbons (Fsp3) is 0.158. The Morgan fingerprint density at radius 2 is 1.58 bits per heavy atom. The third-order valence-corrected chi connectivity index (χ3v) is 3.73. The average Bonchev–Trinajstić information content (AvgIpc) is 2.64. The lowest BCUT2D eigenvalue weighted by Crippen LogP contribution is -1.99. The van der Waals surface area contributed by atoms with Crippen LogP contribution in [0.25, 0.3) is 11.3 Å². The van der Waals surface area contributed by atoms with Gasteiger partial charge in [-0.1, -0.05) is 30.3 Å². The predicted molar refractivity (Wildman–Crippen MR) is 95.0 cm³/mol. The van der Waals surface area contributed by atoms with Crippen molar-refractivity contribution in [3.05, 3.63) is 60.4 Å². The maximum atomic E-state index is 5.40. The van der Waals surface area contributed by atoms with Gasteiger partial charge in [0.05, 0.1) is 32.3 Å². The number of methoxy groups -OCH3 is 2. The van der Waals surface area contributed by atoms with Gasteiger partial charge in [0.2, 0.25) is 0 Å². The molecule has 0 aliphatic heterocycles. The molecule has 3 rings (SSSR count). The zero-order valence-corrected chi connectivity index (χ0v) is 13.9. The van der Waals surface area contributed by atoms with Gasteiger partial charge in [0.1, 0.15) is 17.3 Å². The van der Waals surface area contributed by atoms with E-state index in [1.807, 2.05) is 49.4 Å². The van der Waals surface area contributed by atoms with Crippen molar-refractivity contribution in [3.8, 4) is 22.8 Å². The van der Waals surface area contributed by atoms with Gasteiger partial charge in [-0.3, -0.25) is 4.98 Å². The molecule has 122 valence electrons. The van der Waals surface area contributed by atoms with Crippen LogP contribution >= 0.6 is 0 Å². The molecule has 5 heteroatoms. The van der Waals surface area contributed by atoms with Gasteiger partial charge < -0.3 is 14.8 Å². The van der Waals surface area contributed by atoms with Crippen molar-refractivity contribution in [2.75, 3.05) is 19.5 Å². The fourth-order valence-corrected chi connectivity index (χ4v) is 2.48. The highest BCUT2D eigenvalue weighted by Gasteiger charge is 2.09. The standard InChI is InChI=1S/C19H19N3O2/c1-13-17(23-2)9-15(10-18(13)24-3)21-19-12-20-11-16(22-19)14-7-5-4-6-8-14/h4-12H,1-3H3,(H,21,22). The zero-order chi connectivity index (χ0) is 16.9. The summed E-state index contributed by atoms with van der Waals surface area (Å²) in [5.41, 5.74) is 3.61. The van der Waals surface area contributed by atoms with Crippen molar-refractivity contribution in [1.29, 1.82) is 0 Å². The molecule has 0 radical (unpaired) electrons. The third kappa shape index (κ3) is 3.30.